The van der Waals surface area contributed by atoms with E-state index in [1.807, 2.05) is 12.1 Å². The number of aryl methyl sites for hydroxylation is 1. The van der Waals surface area contributed by atoms with Crippen LogP contribution in [0.25, 0.3) is 0 Å². The van der Waals surface area contributed by atoms with Crippen molar-refractivity contribution < 1.29 is 24.5 Å². The summed E-state index contributed by atoms with van der Waals surface area (Å²) in [6, 6.07) is 10.3. The second-order valence-corrected chi connectivity index (χ2v) is 5.11. The number of hydrogen-bond donors (Lipinski definition) is 4. The van der Waals surface area contributed by atoms with Crippen LogP contribution in [0.4, 0.5) is 10.1 Å². The van der Waals surface area contributed by atoms with E-state index >= 15 is 0 Å². The van der Waals surface area contributed by atoms with E-state index in [0.29, 0.717) is 12.1 Å². The summed E-state index contributed by atoms with van der Waals surface area (Å²) in [6.45, 7) is 0.121. The van der Waals surface area contributed by atoms with Crippen LogP contribution in [0.15, 0.2) is 42.5 Å². The average molecular weight is 319 g/mol. The molecule has 0 bridgehead atoms. The Labute approximate surface area is 133 Å². The van der Waals surface area contributed by atoms with Crippen LogP contribution in [0, 0.1) is 5.82 Å². The van der Waals surface area contributed by atoms with E-state index in [4.69, 9.17) is 10.2 Å². The number of carboxylic acids is 1. The molecule has 2 rings (SSSR count). The van der Waals surface area contributed by atoms with Crippen LogP contribution in [0.5, 0.6) is 0 Å². The molecule has 0 aliphatic rings. The number of aliphatic hydroxyl groups is 2. The molecule has 4 N–H and O–H groups in total. The van der Waals surface area contributed by atoms with E-state index in [1.165, 1.54) is 0 Å². The van der Waals surface area contributed by atoms with Gasteiger partial charge in [0.2, 0.25) is 0 Å². The lowest BCUT2D eigenvalue weighted by atomic mass is 10.1. The lowest BCUT2D eigenvalue weighted by Crippen LogP contribution is -2.14. The van der Waals surface area contributed by atoms with Crippen molar-refractivity contribution in [3.63, 3.8) is 0 Å². The number of aliphatic hydroxyl groups excluding tert-OH is 2. The average Bonchev–Trinajstić information content (AvgIpc) is 2.53. The quantitative estimate of drug-likeness (QED) is 0.589. The van der Waals surface area contributed by atoms with Gasteiger partial charge >= 0.3 is 5.97 Å². The zero-order chi connectivity index (χ0) is 16.8. The molecule has 23 heavy (non-hydrogen) atoms. The fourth-order valence-corrected chi connectivity index (χ4v) is 2.24. The maximum Gasteiger partial charge on any atom is 0.336 e. The number of aromatic carboxylic acids is 1. The molecule has 1 atom stereocenters. The molecular formula is C17H18FNO4. The van der Waals surface area contributed by atoms with Gasteiger partial charge in [-0.15, -0.1) is 0 Å². The van der Waals surface area contributed by atoms with Crippen LogP contribution >= 0.6 is 0 Å². The van der Waals surface area contributed by atoms with Crippen molar-refractivity contribution in [3.05, 3.63) is 65.0 Å². The van der Waals surface area contributed by atoms with Gasteiger partial charge in [-0.25, -0.2) is 9.18 Å². The fraction of sp³-hybridized carbons (Fsp3) is 0.235. The Morgan fingerprint density at radius 1 is 1.17 bits per heavy atom. The molecule has 0 saturated carbocycles. The number of hydrogen-bond acceptors (Lipinski definition) is 4. The Bertz CT molecular complexity index is 673. The van der Waals surface area contributed by atoms with Gasteiger partial charge in [-0.2, -0.15) is 0 Å². The zero-order valence-corrected chi connectivity index (χ0v) is 12.4. The second-order valence-electron chi connectivity index (χ2n) is 5.11. The van der Waals surface area contributed by atoms with Crippen LogP contribution in [0.2, 0.25) is 0 Å². The van der Waals surface area contributed by atoms with Crippen LogP contribution in [0.3, 0.4) is 0 Å². The molecule has 5 nitrogen and oxygen atoms in total. The summed E-state index contributed by atoms with van der Waals surface area (Å²) in [5, 5.41) is 30.8. The largest absolute Gasteiger partial charge is 0.478 e. The van der Waals surface area contributed by atoms with Crippen molar-refractivity contribution in [3.8, 4) is 0 Å². The number of halogens is 1. The van der Waals surface area contributed by atoms with E-state index in [2.05, 4.69) is 5.32 Å². The molecular weight excluding hydrogens is 301 g/mol. The van der Waals surface area contributed by atoms with Gasteiger partial charge in [0.25, 0.3) is 0 Å². The number of carbonyl (C=O) groups is 1. The number of carboxylic acid groups (broad SMARTS) is 1. The van der Waals surface area contributed by atoms with Crippen molar-refractivity contribution in [2.75, 3.05) is 11.9 Å². The van der Waals surface area contributed by atoms with Gasteiger partial charge < -0.3 is 20.6 Å². The Kier molecular flexibility index (Phi) is 5.67. The van der Waals surface area contributed by atoms with Gasteiger partial charge in [0.05, 0.1) is 5.56 Å². The van der Waals surface area contributed by atoms with Gasteiger partial charge in [-0.05, 0) is 48.7 Å². The molecule has 0 saturated heterocycles. The van der Waals surface area contributed by atoms with Crippen LogP contribution in [-0.4, -0.2) is 27.9 Å². The molecule has 1 unspecified atom stereocenters. The third-order valence-electron chi connectivity index (χ3n) is 3.42. The Balaban J connectivity index is 2.14. The molecule has 0 aliphatic carbocycles. The molecule has 0 heterocycles. The minimum absolute atomic E-state index is 0.0399. The molecule has 0 radical (unpaired) electrons. The molecule has 0 aromatic heterocycles. The normalized spacial score (nSPS) is 12.0. The van der Waals surface area contributed by atoms with E-state index in [1.54, 1.807) is 12.1 Å². The SMILES string of the molecule is O=C(O)c1ccc(F)cc1C(O)Nc1ccc(CCCO)cc1. The Morgan fingerprint density at radius 2 is 1.87 bits per heavy atom. The first-order chi connectivity index (χ1) is 11.0. The van der Waals surface area contributed by atoms with Crippen molar-refractivity contribution in [2.24, 2.45) is 0 Å². The highest BCUT2D eigenvalue weighted by Crippen LogP contribution is 2.22. The molecule has 0 spiro atoms. The molecule has 2 aromatic rings. The van der Waals surface area contributed by atoms with Gasteiger partial charge in [-0.3, -0.25) is 0 Å². The van der Waals surface area contributed by atoms with Crippen molar-refractivity contribution >= 4 is 11.7 Å². The number of nitrogens with one attached hydrogen (secondary N) is 1. The highest BCUT2D eigenvalue weighted by molar-refractivity contribution is 5.89. The monoisotopic (exact) mass is 319 g/mol. The first kappa shape index (κ1) is 16.9. The first-order valence-electron chi connectivity index (χ1n) is 7.18. The topological polar surface area (TPSA) is 89.8 Å². The minimum Gasteiger partial charge on any atom is -0.478 e. The van der Waals surface area contributed by atoms with E-state index in [-0.39, 0.29) is 17.7 Å². The predicted molar refractivity (Wildman–Crippen MR) is 83.8 cm³/mol. The van der Waals surface area contributed by atoms with Gasteiger partial charge in [0.1, 0.15) is 5.82 Å². The van der Waals surface area contributed by atoms with Gasteiger partial charge in [0, 0.05) is 17.9 Å². The highest BCUT2D eigenvalue weighted by atomic mass is 19.1. The molecule has 2 aromatic carbocycles. The Hall–Kier alpha value is -2.44. The maximum absolute atomic E-state index is 13.3. The number of rotatable bonds is 7. The summed E-state index contributed by atoms with van der Waals surface area (Å²) in [4.78, 5) is 11.2. The number of anilines is 1. The van der Waals surface area contributed by atoms with Crippen LogP contribution in [-0.2, 0) is 6.42 Å². The molecule has 0 fully saturated rings. The zero-order valence-electron chi connectivity index (χ0n) is 12.4. The first-order valence-corrected chi connectivity index (χ1v) is 7.18. The second kappa shape index (κ2) is 7.71. The lowest BCUT2D eigenvalue weighted by Gasteiger charge is -2.17. The molecule has 6 heteroatoms. The van der Waals surface area contributed by atoms with E-state index in [9.17, 15) is 14.3 Å². The fourth-order valence-electron chi connectivity index (χ4n) is 2.24. The number of benzene rings is 2. The van der Waals surface area contributed by atoms with Crippen molar-refractivity contribution in [1.29, 1.82) is 0 Å². The standard InChI is InChI=1S/C17H18FNO4/c18-12-5-8-14(17(22)23)15(10-12)16(21)19-13-6-3-11(4-7-13)2-1-9-20/h3-8,10,16,19-21H,1-2,9H2,(H,22,23). The van der Waals surface area contributed by atoms with E-state index < -0.39 is 18.0 Å². The predicted octanol–water partition coefficient (Wildman–Crippen LogP) is 2.55. The highest BCUT2D eigenvalue weighted by Gasteiger charge is 2.17. The van der Waals surface area contributed by atoms with Gasteiger partial charge in [-0.1, -0.05) is 12.1 Å². The summed E-state index contributed by atoms with van der Waals surface area (Å²) in [7, 11) is 0. The summed E-state index contributed by atoms with van der Waals surface area (Å²) in [5.74, 6) is -1.86. The van der Waals surface area contributed by atoms with Crippen molar-refractivity contribution in [2.45, 2.75) is 19.1 Å². The van der Waals surface area contributed by atoms with Crippen molar-refractivity contribution in [1.82, 2.24) is 0 Å². The summed E-state index contributed by atoms with van der Waals surface area (Å²) >= 11 is 0. The third-order valence-corrected chi connectivity index (χ3v) is 3.42. The van der Waals surface area contributed by atoms with Gasteiger partial charge in [0.15, 0.2) is 6.23 Å². The minimum atomic E-state index is -1.35. The smallest absolute Gasteiger partial charge is 0.336 e. The third kappa shape index (κ3) is 4.51. The van der Waals surface area contributed by atoms with Crippen LogP contribution in [0.1, 0.15) is 34.1 Å². The molecule has 0 aliphatic heterocycles. The summed E-state index contributed by atoms with van der Waals surface area (Å²) < 4.78 is 13.3. The van der Waals surface area contributed by atoms with E-state index in [0.717, 1.165) is 30.2 Å². The summed E-state index contributed by atoms with van der Waals surface area (Å²) in [6.07, 6.45) is 0.0626. The lowest BCUT2D eigenvalue weighted by molar-refractivity contribution is 0.0690. The maximum atomic E-state index is 13.3. The van der Waals surface area contributed by atoms with Crippen LogP contribution < -0.4 is 5.32 Å². The summed E-state index contributed by atoms with van der Waals surface area (Å²) in [5.41, 5.74) is 1.41. The molecule has 122 valence electrons. The molecule has 0 amide bonds. The Morgan fingerprint density at radius 3 is 2.48 bits per heavy atom.